The van der Waals surface area contributed by atoms with Crippen LogP contribution in [0.1, 0.15) is 24.5 Å². The zero-order valence-corrected chi connectivity index (χ0v) is 10.7. The second kappa shape index (κ2) is 6.91. The molecule has 1 rings (SSSR count). The minimum atomic E-state index is 0.639. The third-order valence-corrected chi connectivity index (χ3v) is 3.27. The normalized spacial score (nSPS) is 12.7. The van der Waals surface area contributed by atoms with E-state index in [-0.39, 0.29) is 0 Å². The molecule has 0 fully saturated rings. The van der Waals surface area contributed by atoms with Crippen molar-refractivity contribution in [3.63, 3.8) is 0 Å². The molecule has 1 unspecified atom stereocenters. The molecule has 0 aliphatic heterocycles. The SMILES string of the molecule is CCC(CSC)NCc1cccc(C)c1. The van der Waals surface area contributed by atoms with Crippen LogP contribution in [-0.2, 0) is 6.54 Å². The Hall–Kier alpha value is -0.470. The van der Waals surface area contributed by atoms with Crippen LogP contribution in [0.2, 0.25) is 0 Å². The van der Waals surface area contributed by atoms with Crippen molar-refractivity contribution in [3.8, 4) is 0 Å². The molecule has 0 radical (unpaired) electrons. The fraction of sp³-hybridized carbons (Fsp3) is 0.538. The topological polar surface area (TPSA) is 12.0 Å². The van der Waals surface area contributed by atoms with Gasteiger partial charge in [0.25, 0.3) is 0 Å². The second-order valence-electron chi connectivity index (χ2n) is 3.93. The molecule has 1 N–H and O–H groups in total. The van der Waals surface area contributed by atoms with Gasteiger partial charge in [-0.3, -0.25) is 0 Å². The zero-order chi connectivity index (χ0) is 11.1. The molecule has 1 aromatic carbocycles. The smallest absolute Gasteiger partial charge is 0.0208 e. The molecular weight excluding hydrogens is 202 g/mol. The molecule has 15 heavy (non-hydrogen) atoms. The van der Waals surface area contributed by atoms with Crippen molar-refractivity contribution in [2.75, 3.05) is 12.0 Å². The van der Waals surface area contributed by atoms with Crippen molar-refractivity contribution in [3.05, 3.63) is 35.4 Å². The third-order valence-electron chi connectivity index (χ3n) is 2.54. The predicted octanol–water partition coefficient (Wildman–Crippen LogP) is 3.23. The Labute approximate surface area is 97.7 Å². The van der Waals surface area contributed by atoms with Gasteiger partial charge in [0.2, 0.25) is 0 Å². The molecule has 0 saturated heterocycles. The Balaban J connectivity index is 2.41. The van der Waals surface area contributed by atoms with Crippen molar-refractivity contribution < 1.29 is 0 Å². The largest absolute Gasteiger partial charge is 0.309 e. The number of benzene rings is 1. The maximum atomic E-state index is 3.59. The molecule has 0 aliphatic carbocycles. The summed E-state index contributed by atoms with van der Waals surface area (Å²) in [5.41, 5.74) is 2.72. The van der Waals surface area contributed by atoms with Gasteiger partial charge in [0.05, 0.1) is 0 Å². The molecule has 2 heteroatoms. The van der Waals surface area contributed by atoms with Crippen LogP contribution < -0.4 is 5.32 Å². The summed E-state index contributed by atoms with van der Waals surface area (Å²) in [5, 5.41) is 3.59. The molecule has 1 aromatic rings. The Morgan fingerprint density at radius 2 is 2.20 bits per heavy atom. The highest BCUT2D eigenvalue weighted by Gasteiger charge is 2.03. The molecule has 0 aliphatic rings. The average molecular weight is 223 g/mol. The van der Waals surface area contributed by atoms with Crippen LogP contribution >= 0.6 is 11.8 Å². The number of rotatable bonds is 6. The molecule has 0 aromatic heterocycles. The summed E-state index contributed by atoms with van der Waals surface area (Å²) in [6.07, 6.45) is 3.36. The van der Waals surface area contributed by atoms with Crippen molar-refractivity contribution >= 4 is 11.8 Å². The van der Waals surface area contributed by atoms with Crippen LogP contribution in [0.25, 0.3) is 0 Å². The predicted molar refractivity (Wildman–Crippen MR) is 70.5 cm³/mol. The third kappa shape index (κ3) is 4.72. The summed E-state index contributed by atoms with van der Waals surface area (Å²) in [6, 6.07) is 9.34. The van der Waals surface area contributed by atoms with E-state index in [2.05, 4.69) is 49.7 Å². The van der Waals surface area contributed by atoms with E-state index in [1.807, 2.05) is 11.8 Å². The molecule has 84 valence electrons. The summed E-state index contributed by atoms with van der Waals surface area (Å²) in [5.74, 6) is 1.20. The molecule has 0 heterocycles. The summed E-state index contributed by atoms with van der Waals surface area (Å²) in [4.78, 5) is 0. The minimum absolute atomic E-state index is 0.639. The van der Waals surface area contributed by atoms with Gasteiger partial charge in [-0.1, -0.05) is 36.8 Å². The fourth-order valence-corrected chi connectivity index (χ4v) is 2.36. The first-order valence-electron chi connectivity index (χ1n) is 5.54. The highest BCUT2D eigenvalue weighted by molar-refractivity contribution is 7.98. The van der Waals surface area contributed by atoms with Crippen molar-refractivity contribution in [1.29, 1.82) is 0 Å². The summed E-state index contributed by atoms with van der Waals surface area (Å²) in [7, 11) is 0. The van der Waals surface area contributed by atoms with Gasteiger partial charge < -0.3 is 5.32 Å². The molecule has 0 spiro atoms. The van der Waals surface area contributed by atoms with Gasteiger partial charge in [-0.15, -0.1) is 0 Å². The van der Waals surface area contributed by atoms with Crippen LogP contribution in [0.15, 0.2) is 24.3 Å². The van der Waals surface area contributed by atoms with Gasteiger partial charge in [0.15, 0.2) is 0 Å². The van der Waals surface area contributed by atoms with Gasteiger partial charge in [0, 0.05) is 18.3 Å². The second-order valence-corrected chi connectivity index (χ2v) is 4.84. The molecule has 0 amide bonds. The van der Waals surface area contributed by atoms with Gasteiger partial charge in [-0.25, -0.2) is 0 Å². The molecule has 0 bridgehead atoms. The van der Waals surface area contributed by atoms with Gasteiger partial charge in [-0.05, 0) is 25.2 Å². The first kappa shape index (κ1) is 12.6. The number of thioether (sulfide) groups is 1. The lowest BCUT2D eigenvalue weighted by Gasteiger charge is -2.15. The summed E-state index contributed by atoms with van der Waals surface area (Å²) in [6.45, 7) is 5.37. The monoisotopic (exact) mass is 223 g/mol. The Bertz CT molecular complexity index is 286. The number of hydrogen-bond donors (Lipinski definition) is 1. The molecular formula is C13H21NS. The molecule has 1 atom stereocenters. The Morgan fingerprint density at radius 1 is 1.40 bits per heavy atom. The summed E-state index contributed by atoms with van der Waals surface area (Å²) < 4.78 is 0. The standard InChI is InChI=1S/C13H21NS/c1-4-13(10-15-3)14-9-12-7-5-6-11(2)8-12/h5-8,13-14H,4,9-10H2,1-3H3. The maximum Gasteiger partial charge on any atom is 0.0208 e. The molecule has 0 saturated carbocycles. The highest BCUT2D eigenvalue weighted by atomic mass is 32.2. The lowest BCUT2D eigenvalue weighted by atomic mass is 10.1. The maximum absolute atomic E-state index is 3.59. The first-order valence-corrected chi connectivity index (χ1v) is 6.93. The van der Waals surface area contributed by atoms with Crippen molar-refractivity contribution in [2.45, 2.75) is 32.9 Å². The van der Waals surface area contributed by atoms with E-state index in [0.29, 0.717) is 6.04 Å². The Morgan fingerprint density at radius 3 is 2.80 bits per heavy atom. The quantitative estimate of drug-likeness (QED) is 0.794. The summed E-state index contributed by atoms with van der Waals surface area (Å²) >= 11 is 1.91. The average Bonchev–Trinajstić information content (AvgIpc) is 2.24. The van der Waals surface area contributed by atoms with Crippen LogP contribution in [0, 0.1) is 6.92 Å². The highest BCUT2D eigenvalue weighted by Crippen LogP contribution is 2.06. The van der Waals surface area contributed by atoms with E-state index >= 15 is 0 Å². The number of nitrogens with one attached hydrogen (secondary N) is 1. The van der Waals surface area contributed by atoms with E-state index in [1.54, 1.807) is 0 Å². The van der Waals surface area contributed by atoms with Gasteiger partial charge in [0.1, 0.15) is 0 Å². The fourth-order valence-electron chi connectivity index (χ4n) is 1.61. The van der Waals surface area contributed by atoms with Crippen LogP contribution in [0.5, 0.6) is 0 Å². The van der Waals surface area contributed by atoms with Crippen molar-refractivity contribution in [1.82, 2.24) is 5.32 Å². The van der Waals surface area contributed by atoms with Crippen molar-refractivity contribution in [2.24, 2.45) is 0 Å². The van der Waals surface area contributed by atoms with Gasteiger partial charge in [-0.2, -0.15) is 11.8 Å². The van der Waals surface area contributed by atoms with Crippen LogP contribution in [0.4, 0.5) is 0 Å². The lowest BCUT2D eigenvalue weighted by Crippen LogP contribution is -2.30. The Kier molecular flexibility index (Phi) is 5.81. The lowest BCUT2D eigenvalue weighted by molar-refractivity contribution is 0.541. The van der Waals surface area contributed by atoms with E-state index in [0.717, 1.165) is 6.54 Å². The minimum Gasteiger partial charge on any atom is -0.309 e. The number of aryl methyl sites for hydroxylation is 1. The van der Waals surface area contributed by atoms with E-state index in [4.69, 9.17) is 0 Å². The van der Waals surface area contributed by atoms with Crippen LogP contribution in [0.3, 0.4) is 0 Å². The van der Waals surface area contributed by atoms with Crippen LogP contribution in [-0.4, -0.2) is 18.1 Å². The zero-order valence-electron chi connectivity index (χ0n) is 9.92. The van der Waals surface area contributed by atoms with E-state index < -0.39 is 0 Å². The van der Waals surface area contributed by atoms with Gasteiger partial charge >= 0.3 is 0 Å². The first-order chi connectivity index (χ1) is 7.26. The number of hydrogen-bond acceptors (Lipinski definition) is 2. The van der Waals surface area contributed by atoms with E-state index in [9.17, 15) is 0 Å². The molecule has 1 nitrogen and oxygen atoms in total. The van der Waals surface area contributed by atoms with E-state index in [1.165, 1.54) is 23.3 Å².